The van der Waals surface area contributed by atoms with Gasteiger partial charge in [-0.1, -0.05) is 17.7 Å². The van der Waals surface area contributed by atoms with Gasteiger partial charge in [-0.3, -0.25) is 0 Å². The van der Waals surface area contributed by atoms with Crippen molar-refractivity contribution in [1.29, 1.82) is 0 Å². The van der Waals surface area contributed by atoms with Gasteiger partial charge in [-0.05, 0) is 38.8 Å². The van der Waals surface area contributed by atoms with Crippen molar-refractivity contribution in [2.45, 2.75) is 44.3 Å². The molecule has 0 N–H and O–H groups in total. The monoisotopic (exact) mass is 288 g/mol. The minimum Gasteiger partial charge on any atom is -0.490 e. The van der Waals surface area contributed by atoms with Crippen molar-refractivity contribution < 1.29 is 9.47 Å². The van der Waals surface area contributed by atoms with E-state index in [1.165, 1.54) is 0 Å². The molecular weight excluding hydrogens is 271 g/mol. The molecule has 0 spiro atoms. The minimum atomic E-state index is -0.0301. The van der Waals surface area contributed by atoms with E-state index in [9.17, 15) is 0 Å². The van der Waals surface area contributed by atoms with Crippen molar-refractivity contribution in [3.8, 4) is 5.75 Å². The lowest BCUT2D eigenvalue weighted by molar-refractivity contribution is -0.0327. The molecule has 1 aliphatic rings. The van der Waals surface area contributed by atoms with Crippen LogP contribution in [0, 0.1) is 0 Å². The summed E-state index contributed by atoms with van der Waals surface area (Å²) < 4.78 is 11.7. The van der Waals surface area contributed by atoms with Gasteiger partial charge < -0.3 is 9.47 Å². The van der Waals surface area contributed by atoms with Crippen molar-refractivity contribution in [2.24, 2.45) is 0 Å². The van der Waals surface area contributed by atoms with Crippen molar-refractivity contribution in [3.63, 3.8) is 0 Å². The number of benzene rings is 1. The molecule has 1 aliphatic heterocycles. The highest BCUT2D eigenvalue weighted by Gasteiger charge is 2.32. The fraction of sp³-hybridized carbons (Fsp3) is 0.571. The van der Waals surface area contributed by atoms with Gasteiger partial charge in [0.1, 0.15) is 12.4 Å². The third kappa shape index (κ3) is 3.31. The van der Waals surface area contributed by atoms with E-state index in [0.717, 1.165) is 24.2 Å². The van der Waals surface area contributed by atoms with Crippen molar-refractivity contribution >= 4 is 23.2 Å². The smallest absolute Gasteiger partial charge is 0.125 e. The fourth-order valence-corrected chi connectivity index (χ4v) is 2.76. The predicted octanol–water partition coefficient (Wildman–Crippen LogP) is 4.42. The molecule has 1 unspecified atom stereocenters. The second kappa shape index (κ2) is 5.68. The average Bonchev–Trinajstić information content (AvgIpc) is 2.66. The van der Waals surface area contributed by atoms with Gasteiger partial charge in [0.05, 0.1) is 17.6 Å². The fourth-order valence-electron chi connectivity index (χ4n) is 2.18. The van der Waals surface area contributed by atoms with E-state index < -0.39 is 0 Å². The maximum atomic E-state index is 6.07. The standard InChI is InChI=1S/C14H18Cl2O2/c1-14(2)7-6-10(18-14)9-17-13-5-3-4-12(16)11(13)8-15/h3-5,10H,6-9H2,1-2H3. The zero-order valence-electron chi connectivity index (χ0n) is 10.7. The average molecular weight is 289 g/mol. The quantitative estimate of drug-likeness (QED) is 0.764. The summed E-state index contributed by atoms with van der Waals surface area (Å²) >= 11 is 12.0. The van der Waals surface area contributed by atoms with Crippen molar-refractivity contribution in [2.75, 3.05) is 6.61 Å². The highest BCUT2D eigenvalue weighted by atomic mass is 35.5. The Kier molecular flexibility index (Phi) is 4.41. The van der Waals surface area contributed by atoms with Gasteiger partial charge in [0.15, 0.2) is 0 Å². The van der Waals surface area contributed by atoms with Crippen LogP contribution >= 0.6 is 23.2 Å². The number of hydrogen-bond acceptors (Lipinski definition) is 2. The summed E-state index contributed by atoms with van der Waals surface area (Å²) in [4.78, 5) is 0. The topological polar surface area (TPSA) is 18.5 Å². The van der Waals surface area contributed by atoms with Crippen LogP contribution < -0.4 is 4.74 Å². The predicted molar refractivity (Wildman–Crippen MR) is 74.7 cm³/mol. The van der Waals surface area contributed by atoms with Crippen molar-refractivity contribution in [3.05, 3.63) is 28.8 Å². The lowest BCUT2D eigenvalue weighted by Gasteiger charge is -2.20. The first-order chi connectivity index (χ1) is 8.52. The van der Waals surface area contributed by atoms with E-state index in [-0.39, 0.29) is 11.7 Å². The molecule has 0 aliphatic carbocycles. The molecule has 2 nitrogen and oxygen atoms in total. The highest BCUT2D eigenvalue weighted by molar-refractivity contribution is 6.32. The molecule has 1 atom stereocenters. The Morgan fingerprint density at radius 1 is 1.44 bits per heavy atom. The van der Waals surface area contributed by atoms with Crippen LogP contribution in [-0.4, -0.2) is 18.3 Å². The highest BCUT2D eigenvalue weighted by Crippen LogP contribution is 2.31. The second-order valence-electron chi connectivity index (χ2n) is 5.20. The molecule has 18 heavy (non-hydrogen) atoms. The van der Waals surface area contributed by atoms with Crippen LogP contribution in [0.4, 0.5) is 0 Å². The lowest BCUT2D eigenvalue weighted by Crippen LogP contribution is -2.24. The molecule has 1 fully saturated rings. The Labute approximate surface area is 118 Å². The molecule has 2 rings (SSSR count). The molecule has 0 radical (unpaired) electrons. The van der Waals surface area contributed by atoms with Gasteiger partial charge >= 0.3 is 0 Å². The summed E-state index contributed by atoms with van der Waals surface area (Å²) in [5.74, 6) is 1.11. The summed E-state index contributed by atoms with van der Waals surface area (Å²) in [6.45, 7) is 4.76. The Bertz CT molecular complexity index is 418. The zero-order chi connectivity index (χ0) is 13.2. The first-order valence-electron chi connectivity index (χ1n) is 6.16. The van der Waals surface area contributed by atoms with Crippen LogP contribution in [0.2, 0.25) is 5.02 Å². The van der Waals surface area contributed by atoms with E-state index in [0.29, 0.717) is 17.5 Å². The molecule has 1 aromatic rings. The Hall–Kier alpha value is -0.440. The maximum Gasteiger partial charge on any atom is 0.125 e. The van der Waals surface area contributed by atoms with E-state index in [4.69, 9.17) is 32.7 Å². The first-order valence-corrected chi connectivity index (χ1v) is 7.07. The molecule has 0 aromatic heterocycles. The largest absolute Gasteiger partial charge is 0.490 e. The van der Waals surface area contributed by atoms with Crippen LogP contribution in [0.1, 0.15) is 32.3 Å². The molecular formula is C14H18Cl2O2. The first kappa shape index (κ1) is 14.0. The molecule has 1 heterocycles. The normalized spacial score (nSPS) is 22.1. The van der Waals surface area contributed by atoms with Gasteiger partial charge in [-0.2, -0.15) is 0 Å². The van der Waals surface area contributed by atoms with Crippen LogP contribution in [0.3, 0.4) is 0 Å². The van der Waals surface area contributed by atoms with Gasteiger partial charge in [0, 0.05) is 10.6 Å². The second-order valence-corrected chi connectivity index (χ2v) is 5.87. The van der Waals surface area contributed by atoms with Crippen molar-refractivity contribution in [1.82, 2.24) is 0 Å². The zero-order valence-corrected chi connectivity index (χ0v) is 12.2. The molecule has 0 saturated carbocycles. The Morgan fingerprint density at radius 2 is 2.22 bits per heavy atom. The summed E-state index contributed by atoms with van der Waals surface area (Å²) in [5, 5.41) is 0.648. The Morgan fingerprint density at radius 3 is 2.83 bits per heavy atom. The van der Waals surface area contributed by atoms with Crippen LogP contribution in [0.5, 0.6) is 5.75 Å². The van der Waals surface area contributed by atoms with E-state index in [1.807, 2.05) is 18.2 Å². The van der Waals surface area contributed by atoms with Gasteiger partial charge in [0.2, 0.25) is 0 Å². The summed E-state index contributed by atoms with van der Waals surface area (Å²) in [5.41, 5.74) is 0.815. The minimum absolute atomic E-state index is 0.0301. The Balaban J connectivity index is 1.97. The summed E-state index contributed by atoms with van der Waals surface area (Å²) in [6.07, 6.45) is 2.25. The molecule has 0 amide bonds. The number of rotatable bonds is 4. The summed E-state index contributed by atoms with van der Waals surface area (Å²) in [6, 6.07) is 5.58. The van der Waals surface area contributed by atoms with Gasteiger partial charge in [-0.15, -0.1) is 11.6 Å². The number of alkyl halides is 1. The van der Waals surface area contributed by atoms with E-state index in [2.05, 4.69) is 13.8 Å². The summed E-state index contributed by atoms with van der Waals surface area (Å²) in [7, 11) is 0. The van der Waals surface area contributed by atoms with E-state index >= 15 is 0 Å². The molecule has 100 valence electrons. The number of ether oxygens (including phenoxy) is 2. The van der Waals surface area contributed by atoms with Gasteiger partial charge in [-0.25, -0.2) is 0 Å². The van der Waals surface area contributed by atoms with Gasteiger partial charge in [0.25, 0.3) is 0 Å². The number of hydrogen-bond donors (Lipinski definition) is 0. The third-order valence-electron chi connectivity index (χ3n) is 3.19. The molecule has 4 heteroatoms. The lowest BCUT2D eigenvalue weighted by atomic mass is 10.1. The number of halogens is 2. The van der Waals surface area contributed by atoms with Crippen LogP contribution in [-0.2, 0) is 10.6 Å². The maximum absolute atomic E-state index is 6.07. The SMILES string of the molecule is CC1(C)CCC(COc2cccc(Cl)c2CCl)O1. The molecule has 0 bridgehead atoms. The molecule has 1 aromatic carbocycles. The van der Waals surface area contributed by atoms with Crippen LogP contribution in [0.15, 0.2) is 18.2 Å². The third-order valence-corrected chi connectivity index (χ3v) is 3.81. The molecule has 1 saturated heterocycles. The van der Waals surface area contributed by atoms with E-state index in [1.54, 1.807) is 0 Å². The van der Waals surface area contributed by atoms with Crippen LogP contribution in [0.25, 0.3) is 0 Å².